The third-order valence-electron chi connectivity index (χ3n) is 2.06. The summed E-state index contributed by atoms with van der Waals surface area (Å²) in [7, 11) is 0. The van der Waals surface area contributed by atoms with E-state index in [2.05, 4.69) is 20.1 Å². The molecule has 0 saturated carbocycles. The van der Waals surface area contributed by atoms with E-state index in [1.807, 2.05) is 6.07 Å². The minimum absolute atomic E-state index is 0.417. The van der Waals surface area contributed by atoms with Crippen LogP contribution in [0.1, 0.15) is 0 Å². The van der Waals surface area contributed by atoms with Crippen LogP contribution < -0.4 is 5.73 Å². The van der Waals surface area contributed by atoms with Gasteiger partial charge in [0.1, 0.15) is 5.69 Å². The van der Waals surface area contributed by atoms with Crippen LogP contribution >= 0.6 is 11.3 Å². The Balaban J connectivity index is 1.99. The summed E-state index contributed by atoms with van der Waals surface area (Å²) in [4.78, 5) is 13.1. The van der Waals surface area contributed by atoms with Crippen LogP contribution in [0.15, 0.2) is 35.2 Å². The number of hydrogen-bond acceptors (Lipinski definition) is 7. The molecule has 0 atom stereocenters. The van der Waals surface area contributed by atoms with Crippen LogP contribution in [0.2, 0.25) is 0 Å². The lowest BCUT2D eigenvalue weighted by atomic mass is 10.4. The highest BCUT2D eigenvalue weighted by Crippen LogP contribution is 2.29. The molecule has 0 saturated heterocycles. The molecule has 0 aromatic carbocycles. The molecule has 0 unspecified atom stereocenters. The Morgan fingerprint density at radius 2 is 2.18 bits per heavy atom. The van der Waals surface area contributed by atoms with Crippen molar-refractivity contribution in [2.75, 3.05) is 5.73 Å². The zero-order valence-electron chi connectivity index (χ0n) is 8.57. The summed E-state index contributed by atoms with van der Waals surface area (Å²) in [5, 5.41) is 4.56. The molecule has 0 bridgehead atoms. The quantitative estimate of drug-likeness (QED) is 0.740. The molecule has 0 amide bonds. The minimum atomic E-state index is 0.417. The lowest BCUT2D eigenvalue weighted by Gasteiger charge is -1.88. The van der Waals surface area contributed by atoms with Gasteiger partial charge in [0.15, 0.2) is 0 Å². The molecular weight excluding hydrogens is 238 g/mol. The Hall–Kier alpha value is -2.28. The van der Waals surface area contributed by atoms with Crippen molar-refractivity contribution >= 4 is 16.3 Å². The first-order valence-corrected chi connectivity index (χ1v) is 5.60. The van der Waals surface area contributed by atoms with E-state index in [-0.39, 0.29) is 0 Å². The number of aromatic nitrogens is 4. The highest BCUT2D eigenvalue weighted by atomic mass is 32.1. The lowest BCUT2D eigenvalue weighted by Crippen LogP contribution is -1.85. The average Bonchev–Trinajstić information content (AvgIpc) is 2.98. The topological polar surface area (TPSA) is 90.7 Å². The number of nitrogens with zero attached hydrogens (tertiary/aromatic N) is 4. The van der Waals surface area contributed by atoms with Crippen molar-refractivity contribution in [3.63, 3.8) is 0 Å². The first-order chi connectivity index (χ1) is 8.33. The number of rotatable bonds is 2. The van der Waals surface area contributed by atoms with Crippen LogP contribution in [-0.2, 0) is 0 Å². The van der Waals surface area contributed by atoms with Gasteiger partial charge in [0.05, 0.1) is 16.1 Å². The van der Waals surface area contributed by atoms with Gasteiger partial charge in [-0.15, -0.1) is 11.3 Å². The third-order valence-corrected chi connectivity index (χ3v) is 2.96. The van der Waals surface area contributed by atoms with E-state index in [1.165, 1.54) is 11.3 Å². The first kappa shape index (κ1) is 9.91. The van der Waals surface area contributed by atoms with Gasteiger partial charge < -0.3 is 10.3 Å². The molecule has 3 aromatic heterocycles. The molecule has 3 rings (SSSR count). The fourth-order valence-corrected chi connectivity index (χ4v) is 2.01. The van der Waals surface area contributed by atoms with Gasteiger partial charge in [-0.2, -0.15) is 4.98 Å². The molecule has 0 aliphatic rings. The van der Waals surface area contributed by atoms with E-state index < -0.39 is 0 Å². The van der Waals surface area contributed by atoms with Gasteiger partial charge in [0.2, 0.25) is 5.82 Å². The summed E-state index contributed by atoms with van der Waals surface area (Å²) in [6, 6.07) is 3.64. The average molecular weight is 245 g/mol. The molecule has 0 spiro atoms. The zero-order chi connectivity index (χ0) is 11.7. The molecule has 6 nitrogen and oxygen atoms in total. The van der Waals surface area contributed by atoms with Crippen LogP contribution in [0, 0.1) is 0 Å². The number of thiophene rings is 1. The lowest BCUT2D eigenvalue weighted by molar-refractivity contribution is 0.433. The summed E-state index contributed by atoms with van der Waals surface area (Å²) >= 11 is 1.39. The predicted molar refractivity (Wildman–Crippen MR) is 63.0 cm³/mol. The smallest absolute Gasteiger partial charge is 0.268 e. The SMILES string of the molecule is Nc1ccc(-c2nc(-c3cnccn3)no2)s1. The largest absolute Gasteiger partial charge is 0.391 e. The second kappa shape index (κ2) is 3.95. The van der Waals surface area contributed by atoms with Crippen molar-refractivity contribution in [3.05, 3.63) is 30.7 Å². The summed E-state index contributed by atoms with van der Waals surface area (Å²) in [6.45, 7) is 0. The standard InChI is InChI=1S/C10H7N5OS/c11-8-2-1-7(17-8)10-14-9(15-16-10)6-5-12-3-4-13-6/h1-5H,11H2. The highest BCUT2D eigenvalue weighted by molar-refractivity contribution is 7.19. The second-order valence-electron chi connectivity index (χ2n) is 3.22. The molecule has 3 heterocycles. The number of anilines is 1. The molecule has 17 heavy (non-hydrogen) atoms. The maximum atomic E-state index is 5.64. The molecule has 0 aliphatic heterocycles. The number of nitrogen functional groups attached to an aromatic ring is 1. The molecular formula is C10H7N5OS. The third kappa shape index (κ3) is 1.87. The Bertz CT molecular complexity index is 633. The van der Waals surface area contributed by atoms with Crippen molar-refractivity contribution in [1.29, 1.82) is 0 Å². The summed E-state index contributed by atoms with van der Waals surface area (Å²) < 4.78 is 5.14. The van der Waals surface area contributed by atoms with Crippen molar-refractivity contribution in [1.82, 2.24) is 20.1 Å². The molecule has 0 aliphatic carbocycles. The van der Waals surface area contributed by atoms with Crippen molar-refractivity contribution in [2.24, 2.45) is 0 Å². The monoisotopic (exact) mass is 245 g/mol. The molecule has 0 radical (unpaired) electrons. The van der Waals surface area contributed by atoms with Gasteiger partial charge in [0, 0.05) is 12.4 Å². The summed E-state index contributed by atoms with van der Waals surface area (Å²) in [6.07, 6.45) is 4.75. The van der Waals surface area contributed by atoms with Crippen molar-refractivity contribution in [2.45, 2.75) is 0 Å². The zero-order valence-corrected chi connectivity index (χ0v) is 9.39. The van der Waals surface area contributed by atoms with Crippen LogP contribution in [0.4, 0.5) is 5.00 Å². The Morgan fingerprint density at radius 3 is 2.88 bits per heavy atom. The van der Waals surface area contributed by atoms with Gasteiger partial charge in [-0.3, -0.25) is 4.98 Å². The summed E-state index contributed by atoms with van der Waals surface area (Å²) in [5.41, 5.74) is 6.22. The molecule has 2 N–H and O–H groups in total. The van der Waals surface area contributed by atoms with E-state index >= 15 is 0 Å². The highest BCUT2D eigenvalue weighted by Gasteiger charge is 2.12. The fraction of sp³-hybridized carbons (Fsp3) is 0. The normalized spacial score (nSPS) is 10.6. The van der Waals surface area contributed by atoms with Gasteiger partial charge in [-0.05, 0) is 12.1 Å². The molecule has 0 fully saturated rings. The molecule has 7 heteroatoms. The van der Waals surface area contributed by atoms with Crippen LogP contribution in [0.25, 0.3) is 22.3 Å². The first-order valence-electron chi connectivity index (χ1n) is 4.79. The van der Waals surface area contributed by atoms with Crippen LogP contribution in [0.3, 0.4) is 0 Å². The van der Waals surface area contributed by atoms with E-state index in [1.54, 1.807) is 24.7 Å². The number of nitrogens with two attached hydrogens (primary N) is 1. The van der Waals surface area contributed by atoms with E-state index in [0.29, 0.717) is 22.4 Å². The Kier molecular flexibility index (Phi) is 2.30. The second-order valence-corrected chi connectivity index (χ2v) is 4.33. The van der Waals surface area contributed by atoms with E-state index in [9.17, 15) is 0 Å². The van der Waals surface area contributed by atoms with Crippen molar-refractivity contribution < 1.29 is 4.52 Å². The van der Waals surface area contributed by atoms with Gasteiger partial charge in [-0.25, -0.2) is 4.98 Å². The van der Waals surface area contributed by atoms with Crippen molar-refractivity contribution in [3.8, 4) is 22.3 Å². The minimum Gasteiger partial charge on any atom is -0.391 e. The Morgan fingerprint density at radius 1 is 1.24 bits per heavy atom. The summed E-state index contributed by atoms with van der Waals surface area (Å²) in [5.74, 6) is 0.854. The van der Waals surface area contributed by atoms with Crippen LogP contribution in [0.5, 0.6) is 0 Å². The van der Waals surface area contributed by atoms with E-state index in [4.69, 9.17) is 10.3 Å². The maximum Gasteiger partial charge on any atom is 0.268 e. The van der Waals surface area contributed by atoms with Gasteiger partial charge in [-0.1, -0.05) is 5.16 Å². The van der Waals surface area contributed by atoms with E-state index in [0.717, 1.165) is 4.88 Å². The maximum absolute atomic E-state index is 5.64. The van der Waals surface area contributed by atoms with Gasteiger partial charge >= 0.3 is 0 Å². The molecule has 84 valence electrons. The van der Waals surface area contributed by atoms with Gasteiger partial charge in [0.25, 0.3) is 5.89 Å². The fourth-order valence-electron chi connectivity index (χ4n) is 1.31. The Labute approximate surface area is 100 Å². The molecule has 3 aromatic rings. The predicted octanol–water partition coefficient (Wildman–Crippen LogP) is 1.84. The van der Waals surface area contributed by atoms with Crippen LogP contribution in [-0.4, -0.2) is 20.1 Å². The number of hydrogen-bond donors (Lipinski definition) is 1.